The molecule has 0 radical (unpaired) electrons. The molecule has 2 aromatic rings. The van der Waals surface area contributed by atoms with Gasteiger partial charge in [0.15, 0.2) is 5.78 Å². The number of carbonyl (C=O) groups is 2. The third-order valence-electron chi connectivity index (χ3n) is 4.19. The van der Waals surface area contributed by atoms with Gasteiger partial charge in [0.05, 0.1) is 13.2 Å². The molecule has 2 aromatic carbocycles. The topological polar surface area (TPSA) is 58.6 Å². The highest BCUT2D eigenvalue weighted by molar-refractivity contribution is 6.08. The van der Waals surface area contributed by atoms with E-state index in [1.807, 2.05) is 54.6 Å². The highest BCUT2D eigenvalue weighted by Crippen LogP contribution is 2.28. The van der Waals surface area contributed by atoms with Crippen LogP contribution in [0.5, 0.6) is 5.75 Å². The molecule has 132 valence electrons. The molecular weight excluding hydrogens is 328 g/mol. The first-order valence-corrected chi connectivity index (χ1v) is 8.25. The molecular formula is C21H20N2O3. The molecule has 1 unspecified atom stereocenters. The maximum absolute atomic E-state index is 12.8. The zero-order chi connectivity index (χ0) is 18.5. The number of hydrogen-bond acceptors (Lipinski definition) is 3. The highest BCUT2D eigenvalue weighted by atomic mass is 16.5. The number of carbonyl (C=O) groups excluding carboxylic acids is 2. The predicted octanol–water partition coefficient (Wildman–Crippen LogP) is 3.56. The van der Waals surface area contributed by atoms with E-state index >= 15 is 0 Å². The number of ketones is 1. The van der Waals surface area contributed by atoms with E-state index in [1.54, 1.807) is 26.4 Å². The van der Waals surface area contributed by atoms with Crippen molar-refractivity contribution in [3.63, 3.8) is 0 Å². The molecule has 1 aliphatic rings. The molecule has 0 aliphatic carbocycles. The first kappa shape index (κ1) is 17.5. The van der Waals surface area contributed by atoms with Gasteiger partial charge in [-0.25, -0.2) is 4.79 Å². The van der Waals surface area contributed by atoms with Gasteiger partial charge < -0.3 is 15.0 Å². The zero-order valence-corrected chi connectivity index (χ0v) is 14.7. The Hall–Kier alpha value is -3.34. The molecule has 3 rings (SSSR count). The molecule has 0 bridgehead atoms. The van der Waals surface area contributed by atoms with Crippen molar-refractivity contribution in [2.75, 3.05) is 14.2 Å². The molecule has 1 N–H and O–H groups in total. The van der Waals surface area contributed by atoms with Crippen LogP contribution in [0.25, 0.3) is 6.08 Å². The molecule has 0 spiro atoms. The molecule has 1 aliphatic heterocycles. The van der Waals surface area contributed by atoms with Crippen molar-refractivity contribution in [1.29, 1.82) is 0 Å². The Kier molecular flexibility index (Phi) is 5.17. The van der Waals surface area contributed by atoms with E-state index in [4.69, 9.17) is 4.74 Å². The highest BCUT2D eigenvalue weighted by Gasteiger charge is 2.29. The Morgan fingerprint density at radius 1 is 1.12 bits per heavy atom. The van der Waals surface area contributed by atoms with E-state index in [0.29, 0.717) is 11.3 Å². The van der Waals surface area contributed by atoms with Gasteiger partial charge in [-0.15, -0.1) is 0 Å². The first-order valence-electron chi connectivity index (χ1n) is 8.25. The van der Waals surface area contributed by atoms with E-state index in [-0.39, 0.29) is 11.8 Å². The summed E-state index contributed by atoms with van der Waals surface area (Å²) in [5.74, 6) is 0.565. The summed E-state index contributed by atoms with van der Waals surface area (Å²) in [4.78, 5) is 26.2. The van der Waals surface area contributed by atoms with Gasteiger partial charge in [0.25, 0.3) is 0 Å². The predicted molar refractivity (Wildman–Crippen MR) is 101 cm³/mol. The molecule has 0 fully saturated rings. The second kappa shape index (κ2) is 7.70. The molecule has 5 nitrogen and oxygen atoms in total. The summed E-state index contributed by atoms with van der Waals surface area (Å²) in [6, 6.07) is 16.1. The number of nitrogens with one attached hydrogen (secondary N) is 1. The van der Waals surface area contributed by atoms with Crippen molar-refractivity contribution in [3.05, 3.63) is 83.6 Å². The smallest absolute Gasteiger partial charge is 0.321 e. The van der Waals surface area contributed by atoms with Crippen molar-refractivity contribution in [2.45, 2.75) is 6.04 Å². The number of ether oxygens (including phenoxy) is 1. The third kappa shape index (κ3) is 3.83. The number of urea groups is 1. The Morgan fingerprint density at radius 2 is 1.81 bits per heavy atom. The Bertz CT molecular complexity index is 855. The van der Waals surface area contributed by atoms with E-state index in [0.717, 1.165) is 11.1 Å². The molecule has 26 heavy (non-hydrogen) atoms. The lowest BCUT2D eigenvalue weighted by atomic mass is 9.94. The zero-order valence-electron chi connectivity index (χ0n) is 14.7. The lowest BCUT2D eigenvalue weighted by Gasteiger charge is -2.29. The number of nitrogens with zero attached hydrogens (tertiary/aromatic N) is 1. The van der Waals surface area contributed by atoms with Crippen LogP contribution in [-0.2, 0) is 4.79 Å². The van der Waals surface area contributed by atoms with Gasteiger partial charge in [-0.2, -0.15) is 0 Å². The van der Waals surface area contributed by atoms with Crippen LogP contribution in [0.15, 0.2) is 72.4 Å². The second-order valence-electron chi connectivity index (χ2n) is 5.96. The number of rotatable bonds is 5. The maximum atomic E-state index is 12.8. The first-order chi connectivity index (χ1) is 12.6. The number of amides is 2. The van der Waals surface area contributed by atoms with Gasteiger partial charge in [-0.05, 0) is 29.3 Å². The van der Waals surface area contributed by atoms with Crippen LogP contribution >= 0.6 is 0 Å². The average molecular weight is 348 g/mol. The fourth-order valence-electron chi connectivity index (χ4n) is 2.74. The number of hydrogen-bond donors (Lipinski definition) is 1. The normalized spacial score (nSPS) is 17.0. The van der Waals surface area contributed by atoms with E-state index in [9.17, 15) is 9.59 Å². The molecule has 0 aromatic heterocycles. The lowest BCUT2D eigenvalue weighted by Crippen LogP contribution is -2.43. The van der Waals surface area contributed by atoms with Crippen LogP contribution < -0.4 is 10.1 Å². The maximum Gasteiger partial charge on any atom is 0.321 e. The molecule has 1 heterocycles. The largest absolute Gasteiger partial charge is 0.497 e. The van der Waals surface area contributed by atoms with Crippen LogP contribution in [0.4, 0.5) is 4.79 Å². The minimum Gasteiger partial charge on any atom is -0.497 e. The molecule has 2 amide bonds. The molecule has 1 atom stereocenters. The minimum atomic E-state index is -0.502. The SMILES string of the molecule is COc1ccc(C2NC(=O)N(C)C=C2C(=O)C=Cc2ccccc2)cc1. The standard InChI is InChI=1S/C21H20N2O3/c1-23-14-18(19(24)13-8-15-6-4-3-5-7-15)20(22-21(23)25)16-9-11-17(26-2)12-10-16/h3-14,20H,1-2H3,(H,22,25). The van der Waals surface area contributed by atoms with Gasteiger partial charge in [-0.1, -0.05) is 48.5 Å². The fraction of sp³-hybridized carbons (Fsp3) is 0.143. The van der Waals surface area contributed by atoms with Crippen LogP contribution in [0, 0.1) is 0 Å². The minimum absolute atomic E-state index is 0.151. The number of methoxy groups -OCH3 is 1. The van der Waals surface area contributed by atoms with Crippen LogP contribution in [-0.4, -0.2) is 30.9 Å². The van der Waals surface area contributed by atoms with Crippen LogP contribution in [0.3, 0.4) is 0 Å². The van der Waals surface area contributed by atoms with Crippen molar-refractivity contribution >= 4 is 17.9 Å². The summed E-state index contributed by atoms with van der Waals surface area (Å²) in [5, 5.41) is 2.87. The van der Waals surface area contributed by atoms with Gasteiger partial charge in [0, 0.05) is 18.8 Å². The van der Waals surface area contributed by atoms with Crippen molar-refractivity contribution < 1.29 is 14.3 Å². The summed E-state index contributed by atoms with van der Waals surface area (Å²) in [6.07, 6.45) is 4.89. The third-order valence-corrected chi connectivity index (χ3v) is 4.19. The number of allylic oxidation sites excluding steroid dienone is 1. The van der Waals surface area contributed by atoms with Gasteiger partial charge >= 0.3 is 6.03 Å². The Balaban J connectivity index is 1.89. The lowest BCUT2D eigenvalue weighted by molar-refractivity contribution is -0.111. The second-order valence-corrected chi connectivity index (χ2v) is 5.96. The van der Waals surface area contributed by atoms with E-state index < -0.39 is 6.04 Å². The summed E-state index contributed by atoms with van der Waals surface area (Å²) in [7, 11) is 3.21. The summed E-state index contributed by atoms with van der Waals surface area (Å²) in [6.45, 7) is 0. The Morgan fingerprint density at radius 3 is 2.46 bits per heavy atom. The molecule has 0 saturated carbocycles. The summed E-state index contributed by atoms with van der Waals surface area (Å²) < 4.78 is 5.17. The van der Waals surface area contributed by atoms with Crippen molar-refractivity contribution in [2.24, 2.45) is 0 Å². The molecule has 0 saturated heterocycles. The average Bonchev–Trinajstić information content (AvgIpc) is 2.68. The monoisotopic (exact) mass is 348 g/mol. The van der Waals surface area contributed by atoms with Crippen LogP contribution in [0.2, 0.25) is 0 Å². The van der Waals surface area contributed by atoms with Crippen LogP contribution in [0.1, 0.15) is 17.2 Å². The van der Waals surface area contributed by atoms with Gasteiger partial charge in [0.1, 0.15) is 5.75 Å². The van der Waals surface area contributed by atoms with Crippen molar-refractivity contribution in [3.8, 4) is 5.75 Å². The number of benzene rings is 2. The van der Waals surface area contributed by atoms with Crippen molar-refractivity contribution in [1.82, 2.24) is 10.2 Å². The van der Waals surface area contributed by atoms with E-state index in [1.165, 1.54) is 11.0 Å². The Labute approximate surface area is 152 Å². The fourth-order valence-corrected chi connectivity index (χ4v) is 2.74. The summed E-state index contributed by atoms with van der Waals surface area (Å²) >= 11 is 0. The van der Waals surface area contributed by atoms with Gasteiger partial charge in [-0.3, -0.25) is 4.79 Å². The quantitative estimate of drug-likeness (QED) is 0.841. The summed E-state index contributed by atoms with van der Waals surface area (Å²) in [5.41, 5.74) is 2.26. The van der Waals surface area contributed by atoms with Gasteiger partial charge in [0.2, 0.25) is 0 Å². The van der Waals surface area contributed by atoms with E-state index in [2.05, 4.69) is 5.32 Å². The molecule has 5 heteroatoms.